The fourth-order valence-corrected chi connectivity index (χ4v) is 4.71. The number of fused-ring (bicyclic) bond motifs is 1. The highest BCUT2D eigenvalue weighted by Crippen LogP contribution is 2.40. The zero-order chi connectivity index (χ0) is 26.5. The number of benzene rings is 1. The number of esters is 1. The highest BCUT2D eigenvalue weighted by molar-refractivity contribution is 6.30. The summed E-state index contributed by atoms with van der Waals surface area (Å²) in [5.74, 6) is 0.325. The van der Waals surface area contributed by atoms with Gasteiger partial charge in [-0.15, -0.1) is 0 Å². The van der Waals surface area contributed by atoms with Crippen LogP contribution in [0.2, 0.25) is 5.02 Å². The molecule has 37 heavy (non-hydrogen) atoms. The van der Waals surface area contributed by atoms with Crippen molar-refractivity contribution in [2.75, 3.05) is 37.5 Å². The van der Waals surface area contributed by atoms with E-state index in [1.807, 2.05) is 61.2 Å². The Hall–Kier alpha value is -3.49. The number of nitrogens with one attached hydrogen (secondary N) is 1. The van der Waals surface area contributed by atoms with E-state index in [9.17, 15) is 9.59 Å². The predicted octanol–water partition coefficient (Wildman–Crippen LogP) is 5.20. The first-order valence-electron chi connectivity index (χ1n) is 12.3. The Morgan fingerprint density at radius 1 is 1.14 bits per heavy atom. The number of hydrogen-bond donors (Lipinski definition) is 1. The number of ether oxygens (including phenoxy) is 1. The van der Waals surface area contributed by atoms with E-state index in [-0.39, 0.29) is 24.0 Å². The Bertz CT molecular complexity index is 1250. The summed E-state index contributed by atoms with van der Waals surface area (Å²) in [6.07, 6.45) is 4.64. The molecule has 1 amide bonds. The van der Waals surface area contributed by atoms with E-state index < -0.39 is 0 Å². The molecule has 194 valence electrons. The highest BCUT2D eigenvalue weighted by atomic mass is 35.5. The maximum absolute atomic E-state index is 12.5. The average Bonchev–Trinajstić information content (AvgIpc) is 2.87. The Morgan fingerprint density at radius 3 is 2.59 bits per heavy atom. The van der Waals surface area contributed by atoms with Gasteiger partial charge in [0.25, 0.3) is 0 Å². The summed E-state index contributed by atoms with van der Waals surface area (Å²) in [5.41, 5.74) is 3.87. The van der Waals surface area contributed by atoms with Crippen molar-refractivity contribution in [2.45, 2.75) is 38.8 Å². The van der Waals surface area contributed by atoms with E-state index in [2.05, 4.69) is 15.3 Å². The molecule has 1 aliphatic rings. The molecule has 2 atom stereocenters. The average molecular weight is 522 g/mol. The molecule has 0 unspecified atom stereocenters. The first-order valence-corrected chi connectivity index (χ1v) is 12.7. The molecule has 0 saturated carbocycles. The van der Waals surface area contributed by atoms with Crippen LogP contribution in [-0.4, -0.2) is 60.0 Å². The van der Waals surface area contributed by atoms with Gasteiger partial charge in [0.1, 0.15) is 5.82 Å². The van der Waals surface area contributed by atoms with Crippen LogP contribution in [0, 0.1) is 0 Å². The molecule has 0 spiro atoms. The quantitative estimate of drug-likeness (QED) is 0.322. The first-order chi connectivity index (χ1) is 17.7. The first kappa shape index (κ1) is 26.6. The summed E-state index contributed by atoms with van der Waals surface area (Å²) in [6, 6.07) is 13.1. The lowest BCUT2D eigenvalue weighted by Gasteiger charge is -2.39. The molecular formula is C28H32ClN5O3. The molecule has 1 N–H and O–H groups in total. The summed E-state index contributed by atoms with van der Waals surface area (Å²) >= 11 is 6.00. The second-order valence-electron chi connectivity index (χ2n) is 9.53. The van der Waals surface area contributed by atoms with Gasteiger partial charge in [-0.25, -0.2) is 9.78 Å². The van der Waals surface area contributed by atoms with Crippen molar-refractivity contribution in [2.24, 2.45) is 0 Å². The molecule has 0 radical (unpaired) electrons. The van der Waals surface area contributed by atoms with Crippen molar-refractivity contribution in [1.82, 2.24) is 14.9 Å². The van der Waals surface area contributed by atoms with E-state index in [1.165, 1.54) is 0 Å². The van der Waals surface area contributed by atoms with Gasteiger partial charge in [-0.3, -0.25) is 9.78 Å². The van der Waals surface area contributed by atoms with Crippen LogP contribution in [0.3, 0.4) is 0 Å². The third kappa shape index (κ3) is 6.45. The van der Waals surface area contributed by atoms with Crippen LogP contribution in [0.25, 0.3) is 11.3 Å². The lowest BCUT2D eigenvalue weighted by Crippen LogP contribution is -2.43. The van der Waals surface area contributed by atoms with Gasteiger partial charge in [0.15, 0.2) is 0 Å². The molecule has 0 saturated heterocycles. The molecule has 1 aliphatic heterocycles. The van der Waals surface area contributed by atoms with Gasteiger partial charge in [-0.1, -0.05) is 17.7 Å². The Kier molecular flexibility index (Phi) is 8.41. The fraction of sp³-hybridized carbons (Fsp3) is 0.357. The molecule has 2 aromatic heterocycles. The molecule has 3 aromatic rings. The fourth-order valence-electron chi connectivity index (χ4n) is 4.59. The highest BCUT2D eigenvalue weighted by Gasteiger charge is 2.33. The second kappa shape index (κ2) is 11.7. The smallest absolute Gasteiger partial charge is 0.339 e. The van der Waals surface area contributed by atoms with E-state index in [0.717, 1.165) is 35.5 Å². The molecule has 0 fully saturated rings. The minimum Gasteiger partial charge on any atom is -0.462 e. The Balaban J connectivity index is 1.57. The Morgan fingerprint density at radius 2 is 1.95 bits per heavy atom. The van der Waals surface area contributed by atoms with Crippen molar-refractivity contribution in [1.29, 1.82) is 0 Å². The summed E-state index contributed by atoms with van der Waals surface area (Å²) in [4.78, 5) is 37.6. The van der Waals surface area contributed by atoms with Crippen LogP contribution in [0.15, 0.2) is 54.9 Å². The summed E-state index contributed by atoms with van der Waals surface area (Å²) in [5, 5.41) is 4.07. The number of rotatable bonds is 8. The van der Waals surface area contributed by atoms with E-state index in [0.29, 0.717) is 29.4 Å². The molecule has 9 heteroatoms. The minimum atomic E-state index is -0.380. The van der Waals surface area contributed by atoms with E-state index >= 15 is 0 Å². The van der Waals surface area contributed by atoms with Gasteiger partial charge in [0.05, 0.1) is 28.9 Å². The number of pyridine rings is 2. The third-order valence-electron chi connectivity index (χ3n) is 6.35. The standard InChI is InChI=1S/C28H32ClN5O3/c1-18-14-25(32-27-11-8-22(29)17-31-27)23-15-20(7-10-26(23)34(18)19(2)35)24-9-6-21(16-30-24)28(36)37-13-5-12-33(3)4/h6-11,15-18,25H,5,12-14H2,1-4H3,(H,31,32)/t18-,25+/m0/s1. The van der Waals surface area contributed by atoms with Crippen LogP contribution in [0.4, 0.5) is 11.5 Å². The predicted molar refractivity (Wildman–Crippen MR) is 146 cm³/mol. The monoisotopic (exact) mass is 521 g/mol. The summed E-state index contributed by atoms with van der Waals surface area (Å²) < 4.78 is 5.36. The second-order valence-corrected chi connectivity index (χ2v) is 9.97. The largest absolute Gasteiger partial charge is 0.462 e. The van der Waals surface area contributed by atoms with Gasteiger partial charge >= 0.3 is 5.97 Å². The maximum Gasteiger partial charge on any atom is 0.339 e. The van der Waals surface area contributed by atoms with Crippen LogP contribution >= 0.6 is 11.6 Å². The zero-order valence-corrected chi connectivity index (χ0v) is 22.3. The van der Waals surface area contributed by atoms with Crippen LogP contribution in [-0.2, 0) is 9.53 Å². The number of carbonyl (C=O) groups excluding carboxylic acids is 2. The van der Waals surface area contributed by atoms with Gasteiger partial charge in [-0.2, -0.15) is 0 Å². The van der Waals surface area contributed by atoms with E-state index in [1.54, 1.807) is 31.5 Å². The molecule has 0 bridgehead atoms. The number of aromatic nitrogens is 2. The topological polar surface area (TPSA) is 87.7 Å². The number of carbonyl (C=O) groups is 2. The summed E-state index contributed by atoms with van der Waals surface area (Å²) in [6.45, 7) is 4.85. The van der Waals surface area contributed by atoms with Crippen LogP contribution in [0.5, 0.6) is 0 Å². The maximum atomic E-state index is 12.5. The number of hydrogen-bond acceptors (Lipinski definition) is 7. The molecule has 4 rings (SSSR count). The van der Waals surface area contributed by atoms with Gasteiger partial charge in [-0.05, 0) is 75.8 Å². The van der Waals surface area contributed by atoms with Gasteiger partial charge in [0, 0.05) is 43.2 Å². The normalized spacial score (nSPS) is 16.9. The number of nitrogens with zero attached hydrogens (tertiary/aromatic N) is 4. The van der Waals surface area contributed by atoms with Crippen molar-refractivity contribution < 1.29 is 14.3 Å². The summed E-state index contributed by atoms with van der Waals surface area (Å²) in [7, 11) is 3.96. The lowest BCUT2D eigenvalue weighted by atomic mass is 9.89. The van der Waals surface area contributed by atoms with Gasteiger partial charge < -0.3 is 19.9 Å². The van der Waals surface area contributed by atoms with Crippen molar-refractivity contribution >= 4 is 35.0 Å². The van der Waals surface area contributed by atoms with Crippen molar-refractivity contribution in [3.63, 3.8) is 0 Å². The van der Waals surface area contributed by atoms with Crippen LogP contribution < -0.4 is 10.2 Å². The molecular weight excluding hydrogens is 490 g/mol. The molecule has 8 nitrogen and oxygen atoms in total. The molecule has 0 aliphatic carbocycles. The van der Waals surface area contributed by atoms with E-state index in [4.69, 9.17) is 16.3 Å². The minimum absolute atomic E-state index is 0.00357. The van der Waals surface area contributed by atoms with Crippen molar-refractivity contribution in [3.8, 4) is 11.3 Å². The zero-order valence-electron chi connectivity index (χ0n) is 21.6. The van der Waals surface area contributed by atoms with Crippen molar-refractivity contribution in [3.05, 3.63) is 71.0 Å². The Labute approximate surface area is 222 Å². The number of anilines is 2. The molecule has 1 aromatic carbocycles. The number of halogens is 1. The third-order valence-corrected chi connectivity index (χ3v) is 6.57. The number of amides is 1. The van der Waals surface area contributed by atoms with Crippen LogP contribution in [0.1, 0.15) is 48.7 Å². The SMILES string of the molecule is CC(=O)N1c2ccc(-c3ccc(C(=O)OCCCN(C)C)cn3)cc2[C@H](Nc2ccc(Cl)cn2)C[C@@H]1C. The lowest BCUT2D eigenvalue weighted by molar-refractivity contribution is -0.117. The molecule has 3 heterocycles. The van der Waals surface area contributed by atoms with Gasteiger partial charge in [0.2, 0.25) is 5.91 Å².